The van der Waals surface area contributed by atoms with Gasteiger partial charge in [-0.3, -0.25) is 5.21 Å². The molecule has 74 valence electrons. The number of hydroxylamine groups is 2. The molecule has 2 aliphatic rings. The molecule has 0 saturated carbocycles. The summed E-state index contributed by atoms with van der Waals surface area (Å²) in [5, 5.41) is 10.7. The van der Waals surface area contributed by atoms with Crippen LogP contribution in [0.2, 0.25) is 0 Å². The Kier molecular flexibility index (Phi) is 1.73. The first-order chi connectivity index (χ1) is 7.34. The molecule has 2 aliphatic heterocycles. The summed E-state index contributed by atoms with van der Waals surface area (Å²) in [5.41, 5.74) is 3.20. The maximum absolute atomic E-state index is 9.60. The zero-order valence-corrected chi connectivity index (χ0v) is 8.09. The Morgan fingerprint density at radius 1 is 1.27 bits per heavy atom. The molecule has 0 aliphatic carbocycles. The fourth-order valence-electron chi connectivity index (χ4n) is 1.88. The molecule has 1 aromatic carbocycles. The highest BCUT2D eigenvalue weighted by atomic mass is 16.5. The van der Waals surface area contributed by atoms with Crippen molar-refractivity contribution in [2.45, 2.75) is 6.42 Å². The molecule has 0 spiro atoms. The molecular weight excluding hydrogens is 188 g/mol. The Hall–Kier alpha value is -1.87. The summed E-state index contributed by atoms with van der Waals surface area (Å²) in [4.78, 5) is 4.42. The zero-order chi connectivity index (χ0) is 10.3. The summed E-state index contributed by atoms with van der Waals surface area (Å²) in [6.07, 6.45) is 6.23. The largest absolute Gasteiger partial charge is 0.283 e. The summed E-state index contributed by atoms with van der Waals surface area (Å²) in [6.45, 7) is 0. The lowest BCUT2D eigenvalue weighted by Crippen LogP contribution is -2.28. The summed E-state index contributed by atoms with van der Waals surface area (Å²) in [5.74, 6) is 0.635. The number of fused-ring (bicyclic) bond motifs is 2. The van der Waals surface area contributed by atoms with Crippen molar-refractivity contribution in [3.8, 4) is 0 Å². The van der Waals surface area contributed by atoms with Gasteiger partial charge in [0, 0.05) is 18.2 Å². The van der Waals surface area contributed by atoms with E-state index in [2.05, 4.69) is 11.1 Å². The SMILES string of the molecule is ON1C=CC=C2Cc3ccccc3N=C21. The molecular formula is C12H10N2O. The molecule has 0 bridgehead atoms. The first-order valence-electron chi connectivity index (χ1n) is 4.87. The number of rotatable bonds is 0. The second-order valence-corrected chi connectivity index (χ2v) is 3.62. The number of aliphatic imine (C=N–C) groups is 1. The van der Waals surface area contributed by atoms with Gasteiger partial charge in [-0.1, -0.05) is 24.3 Å². The normalized spacial score (nSPS) is 17.8. The first kappa shape index (κ1) is 8.44. The van der Waals surface area contributed by atoms with E-state index >= 15 is 0 Å². The van der Waals surface area contributed by atoms with Gasteiger partial charge in [-0.05, 0) is 17.7 Å². The fourth-order valence-corrected chi connectivity index (χ4v) is 1.88. The number of hydrogen-bond acceptors (Lipinski definition) is 3. The van der Waals surface area contributed by atoms with Crippen LogP contribution in [0, 0.1) is 0 Å². The molecule has 0 radical (unpaired) electrons. The number of para-hydroxylation sites is 1. The maximum Gasteiger partial charge on any atom is 0.161 e. The predicted molar refractivity (Wildman–Crippen MR) is 58.1 cm³/mol. The smallest absolute Gasteiger partial charge is 0.161 e. The first-order valence-corrected chi connectivity index (χ1v) is 4.87. The van der Waals surface area contributed by atoms with Crippen LogP contribution in [-0.2, 0) is 6.42 Å². The van der Waals surface area contributed by atoms with Crippen molar-refractivity contribution in [3.63, 3.8) is 0 Å². The van der Waals surface area contributed by atoms with Gasteiger partial charge in [0.2, 0.25) is 0 Å². The molecule has 0 saturated heterocycles. The van der Waals surface area contributed by atoms with Gasteiger partial charge in [-0.2, -0.15) is 0 Å². The van der Waals surface area contributed by atoms with Crippen LogP contribution in [0.15, 0.2) is 53.2 Å². The van der Waals surface area contributed by atoms with E-state index in [1.165, 1.54) is 5.56 Å². The third-order valence-electron chi connectivity index (χ3n) is 2.63. The van der Waals surface area contributed by atoms with Crippen molar-refractivity contribution in [2.24, 2.45) is 4.99 Å². The Balaban J connectivity index is 2.16. The van der Waals surface area contributed by atoms with Gasteiger partial charge in [0.15, 0.2) is 5.84 Å². The monoisotopic (exact) mass is 198 g/mol. The van der Waals surface area contributed by atoms with E-state index in [-0.39, 0.29) is 0 Å². The molecule has 0 amide bonds. The minimum Gasteiger partial charge on any atom is -0.283 e. The van der Waals surface area contributed by atoms with Crippen molar-refractivity contribution in [3.05, 3.63) is 53.8 Å². The van der Waals surface area contributed by atoms with Gasteiger partial charge in [-0.25, -0.2) is 10.1 Å². The van der Waals surface area contributed by atoms with Gasteiger partial charge in [0.1, 0.15) is 0 Å². The zero-order valence-electron chi connectivity index (χ0n) is 8.09. The van der Waals surface area contributed by atoms with Crippen molar-refractivity contribution in [1.29, 1.82) is 0 Å². The van der Waals surface area contributed by atoms with Crippen LogP contribution >= 0.6 is 0 Å². The van der Waals surface area contributed by atoms with Crippen molar-refractivity contribution in [2.75, 3.05) is 0 Å². The summed E-state index contributed by atoms with van der Waals surface area (Å²) in [6, 6.07) is 8.00. The number of hydrogen-bond donors (Lipinski definition) is 1. The summed E-state index contributed by atoms with van der Waals surface area (Å²) < 4.78 is 0. The highest BCUT2D eigenvalue weighted by Crippen LogP contribution is 2.29. The fraction of sp³-hybridized carbons (Fsp3) is 0.0833. The molecule has 3 rings (SSSR count). The highest BCUT2D eigenvalue weighted by Gasteiger charge is 2.21. The lowest BCUT2D eigenvalue weighted by atomic mass is 9.98. The van der Waals surface area contributed by atoms with Gasteiger partial charge in [0.05, 0.1) is 5.69 Å². The van der Waals surface area contributed by atoms with E-state index in [1.807, 2.05) is 30.4 Å². The Morgan fingerprint density at radius 3 is 3.07 bits per heavy atom. The number of benzene rings is 1. The number of allylic oxidation sites excluding steroid dienone is 2. The van der Waals surface area contributed by atoms with Crippen LogP contribution < -0.4 is 0 Å². The number of amidine groups is 1. The molecule has 1 aromatic rings. The van der Waals surface area contributed by atoms with Crippen LogP contribution in [0.25, 0.3) is 0 Å². The molecule has 1 N–H and O–H groups in total. The molecule has 15 heavy (non-hydrogen) atoms. The van der Waals surface area contributed by atoms with Gasteiger partial charge in [-0.15, -0.1) is 0 Å². The molecule has 0 aromatic heterocycles. The quantitative estimate of drug-likeness (QED) is 0.694. The van der Waals surface area contributed by atoms with E-state index in [1.54, 1.807) is 6.20 Å². The molecule has 0 unspecified atom stereocenters. The van der Waals surface area contributed by atoms with E-state index in [0.29, 0.717) is 5.84 Å². The third-order valence-corrected chi connectivity index (χ3v) is 2.63. The maximum atomic E-state index is 9.60. The predicted octanol–water partition coefficient (Wildman–Crippen LogP) is 2.42. The van der Waals surface area contributed by atoms with E-state index in [4.69, 9.17) is 0 Å². The number of nitrogens with zero attached hydrogens (tertiary/aromatic N) is 2. The van der Waals surface area contributed by atoms with Crippen LogP contribution in [-0.4, -0.2) is 16.1 Å². The van der Waals surface area contributed by atoms with Gasteiger partial charge < -0.3 is 0 Å². The molecule has 3 heteroatoms. The van der Waals surface area contributed by atoms with E-state index in [9.17, 15) is 5.21 Å². The summed E-state index contributed by atoms with van der Waals surface area (Å²) in [7, 11) is 0. The Morgan fingerprint density at radius 2 is 2.13 bits per heavy atom. The second-order valence-electron chi connectivity index (χ2n) is 3.62. The highest BCUT2D eigenvalue weighted by molar-refractivity contribution is 6.02. The molecule has 0 fully saturated rings. The Bertz CT molecular complexity index is 500. The van der Waals surface area contributed by atoms with Crippen LogP contribution in [0.5, 0.6) is 0 Å². The third kappa shape index (κ3) is 1.28. The summed E-state index contributed by atoms with van der Waals surface area (Å²) >= 11 is 0. The van der Waals surface area contributed by atoms with Gasteiger partial charge >= 0.3 is 0 Å². The topological polar surface area (TPSA) is 35.8 Å². The van der Waals surface area contributed by atoms with Crippen molar-refractivity contribution in [1.82, 2.24) is 5.06 Å². The second kappa shape index (κ2) is 3.07. The standard InChI is InChI=1S/C12H10N2O/c15-14-7-3-5-10-8-9-4-1-2-6-11(9)13-12(10)14/h1-7,15H,8H2. The Labute approximate surface area is 87.6 Å². The van der Waals surface area contributed by atoms with E-state index in [0.717, 1.165) is 22.7 Å². The average molecular weight is 198 g/mol. The van der Waals surface area contributed by atoms with Crippen LogP contribution in [0.1, 0.15) is 5.56 Å². The minimum absolute atomic E-state index is 0.635. The van der Waals surface area contributed by atoms with Crippen LogP contribution in [0.4, 0.5) is 5.69 Å². The van der Waals surface area contributed by atoms with E-state index < -0.39 is 0 Å². The molecule has 2 heterocycles. The molecule has 3 nitrogen and oxygen atoms in total. The lowest BCUT2D eigenvalue weighted by Gasteiger charge is -2.24. The molecule has 0 atom stereocenters. The van der Waals surface area contributed by atoms with Crippen LogP contribution in [0.3, 0.4) is 0 Å². The minimum atomic E-state index is 0.635. The average Bonchev–Trinajstić information content (AvgIpc) is 2.27. The lowest BCUT2D eigenvalue weighted by molar-refractivity contribution is 0.0371. The van der Waals surface area contributed by atoms with Crippen molar-refractivity contribution >= 4 is 11.5 Å². The van der Waals surface area contributed by atoms with Crippen molar-refractivity contribution < 1.29 is 5.21 Å². The van der Waals surface area contributed by atoms with Gasteiger partial charge in [0.25, 0.3) is 0 Å².